The van der Waals surface area contributed by atoms with Crippen molar-refractivity contribution in [1.29, 1.82) is 0 Å². The molecule has 1 atom stereocenters. The third-order valence-corrected chi connectivity index (χ3v) is 6.22. The zero-order valence-electron chi connectivity index (χ0n) is 15.2. The molecule has 1 N–H and O–H groups in total. The molecule has 0 radical (unpaired) electrons. The molecule has 1 aliphatic rings. The maximum absolute atomic E-state index is 12.7. The van der Waals surface area contributed by atoms with Gasteiger partial charge in [0, 0.05) is 22.0 Å². The van der Waals surface area contributed by atoms with E-state index in [1.807, 2.05) is 36.0 Å². The second-order valence-corrected chi connectivity index (χ2v) is 7.98. The molecule has 26 heavy (non-hydrogen) atoms. The van der Waals surface area contributed by atoms with Crippen LogP contribution in [-0.4, -0.2) is 30.3 Å². The average Bonchev–Trinajstić information content (AvgIpc) is 3.05. The number of esters is 1. The zero-order chi connectivity index (χ0) is 18.5. The van der Waals surface area contributed by atoms with Gasteiger partial charge in [0.15, 0.2) is 5.76 Å². The third-order valence-electron chi connectivity index (χ3n) is 4.82. The summed E-state index contributed by atoms with van der Waals surface area (Å²) in [5.74, 6) is 0.174. The lowest BCUT2D eigenvalue weighted by atomic mass is 10.0. The first-order chi connectivity index (χ1) is 12.6. The number of nitrogens with one attached hydrogen (secondary N) is 1. The van der Waals surface area contributed by atoms with Gasteiger partial charge in [0.1, 0.15) is 11.6 Å². The standard InChI is InChI=1S/C20H25NO4S/c1-13(20(23)24-2)21-19(22)18-16(12-26-14-8-4-3-5-9-14)15-10-6-7-11-17(15)25-18/h6-7,10-11,13-14H,3-5,8-9,12H2,1-2H3,(H,21,22)/t13-/m0/s1. The maximum Gasteiger partial charge on any atom is 0.328 e. The Balaban J connectivity index is 1.81. The molecule has 1 aromatic carbocycles. The summed E-state index contributed by atoms with van der Waals surface area (Å²) < 4.78 is 10.5. The number of rotatable bonds is 6. The summed E-state index contributed by atoms with van der Waals surface area (Å²) in [5, 5.41) is 4.28. The van der Waals surface area contributed by atoms with Crippen molar-refractivity contribution in [2.75, 3.05) is 7.11 Å². The highest BCUT2D eigenvalue weighted by Gasteiger charge is 2.25. The summed E-state index contributed by atoms with van der Waals surface area (Å²) in [5.41, 5.74) is 1.60. The highest BCUT2D eigenvalue weighted by molar-refractivity contribution is 7.99. The number of amides is 1. The quantitative estimate of drug-likeness (QED) is 0.763. The van der Waals surface area contributed by atoms with Crippen molar-refractivity contribution < 1.29 is 18.7 Å². The Kier molecular flexibility index (Phi) is 6.25. The van der Waals surface area contributed by atoms with Crippen molar-refractivity contribution in [3.63, 3.8) is 0 Å². The lowest BCUT2D eigenvalue weighted by molar-refractivity contribution is -0.142. The molecule has 0 spiro atoms. The number of ether oxygens (including phenoxy) is 1. The molecule has 3 rings (SSSR count). The number of carbonyl (C=O) groups is 2. The molecule has 140 valence electrons. The number of fused-ring (bicyclic) bond motifs is 1. The molecular weight excluding hydrogens is 350 g/mol. The Bertz CT molecular complexity index is 779. The minimum atomic E-state index is -0.723. The second kappa shape index (κ2) is 8.62. The Hall–Kier alpha value is -1.95. The van der Waals surface area contributed by atoms with Crippen LogP contribution in [0, 0.1) is 0 Å². The van der Waals surface area contributed by atoms with Gasteiger partial charge < -0.3 is 14.5 Å². The van der Waals surface area contributed by atoms with Gasteiger partial charge in [-0.15, -0.1) is 0 Å². The number of thioether (sulfide) groups is 1. The van der Waals surface area contributed by atoms with E-state index in [2.05, 4.69) is 10.1 Å². The van der Waals surface area contributed by atoms with Gasteiger partial charge in [-0.05, 0) is 25.8 Å². The van der Waals surface area contributed by atoms with E-state index < -0.39 is 12.0 Å². The normalized spacial score (nSPS) is 16.4. The Morgan fingerprint density at radius 1 is 1.27 bits per heavy atom. The summed E-state index contributed by atoms with van der Waals surface area (Å²) in [7, 11) is 1.30. The fourth-order valence-corrected chi connectivity index (χ4v) is 4.71. The molecule has 1 aliphatic carbocycles. The number of carbonyl (C=O) groups excluding carboxylic acids is 2. The van der Waals surface area contributed by atoms with Crippen LogP contribution in [0.1, 0.15) is 55.1 Å². The van der Waals surface area contributed by atoms with Gasteiger partial charge in [0.25, 0.3) is 5.91 Å². The van der Waals surface area contributed by atoms with Crippen LogP contribution in [0.3, 0.4) is 0 Å². The topological polar surface area (TPSA) is 68.5 Å². The van der Waals surface area contributed by atoms with Crippen molar-refractivity contribution in [3.8, 4) is 0 Å². The second-order valence-electron chi connectivity index (χ2n) is 6.70. The van der Waals surface area contributed by atoms with Crippen LogP contribution in [0.5, 0.6) is 0 Å². The van der Waals surface area contributed by atoms with Crippen LogP contribution in [0.4, 0.5) is 0 Å². The molecule has 1 heterocycles. The van der Waals surface area contributed by atoms with Crippen LogP contribution in [0.2, 0.25) is 0 Å². The molecule has 6 heteroatoms. The van der Waals surface area contributed by atoms with Gasteiger partial charge >= 0.3 is 5.97 Å². The van der Waals surface area contributed by atoms with Crippen molar-refractivity contribution in [2.45, 2.75) is 56.1 Å². The lowest BCUT2D eigenvalue weighted by Gasteiger charge is -2.21. The SMILES string of the molecule is COC(=O)[C@H](C)NC(=O)c1oc2ccccc2c1CSC1CCCCC1. The molecule has 0 unspecified atom stereocenters. The van der Waals surface area contributed by atoms with Gasteiger partial charge in [-0.1, -0.05) is 37.5 Å². The summed E-state index contributed by atoms with van der Waals surface area (Å²) in [6.45, 7) is 1.60. The summed E-state index contributed by atoms with van der Waals surface area (Å²) in [6, 6.07) is 6.97. The van der Waals surface area contributed by atoms with E-state index in [0.717, 1.165) is 16.7 Å². The monoisotopic (exact) mass is 375 g/mol. The number of benzene rings is 1. The van der Waals surface area contributed by atoms with Crippen molar-refractivity contribution in [1.82, 2.24) is 5.32 Å². The Labute approximate surface area is 157 Å². The van der Waals surface area contributed by atoms with Crippen LogP contribution < -0.4 is 5.32 Å². The molecular formula is C20H25NO4S. The highest BCUT2D eigenvalue weighted by atomic mass is 32.2. The van der Waals surface area contributed by atoms with E-state index in [9.17, 15) is 9.59 Å². The molecule has 0 saturated heterocycles. The van der Waals surface area contributed by atoms with Gasteiger partial charge in [0.05, 0.1) is 7.11 Å². The van der Waals surface area contributed by atoms with E-state index in [4.69, 9.17) is 4.42 Å². The van der Waals surface area contributed by atoms with E-state index in [-0.39, 0.29) is 5.91 Å². The molecule has 5 nitrogen and oxygen atoms in total. The first-order valence-corrected chi connectivity index (χ1v) is 10.2. The molecule has 1 saturated carbocycles. The summed E-state index contributed by atoms with van der Waals surface area (Å²) in [4.78, 5) is 24.3. The number of hydrogen-bond donors (Lipinski definition) is 1. The summed E-state index contributed by atoms with van der Waals surface area (Å²) >= 11 is 1.90. The van der Waals surface area contributed by atoms with E-state index in [1.54, 1.807) is 6.92 Å². The zero-order valence-corrected chi connectivity index (χ0v) is 16.1. The first-order valence-electron chi connectivity index (χ1n) is 9.11. The molecule has 2 aromatic rings. The highest BCUT2D eigenvalue weighted by Crippen LogP contribution is 2.35. The van der Waals surface area contributed by atoms with E-state index in [0.29, 0.717) is 16.6 Å². The fraction of sp³-hybridized carbons (Fsp3) is 0.500. The van der Waals surface area contributed by atoms with Crippen molar-refractivity contribution >= 4 is 34.6 Å². The number of methoxy groups -OCH3 is 1. The molecule has 0 bridgehead atoms. The van der Waals surface area contributed by atoms with E-state index in [1.165, 1.54) is 39.2 Å². The minimum Gasteiger partial charge on any atom is -0.467 e. The fourth-order valence-electron chi connectivity index (χ4n) is 3.36. The number of hydrogen-bond acceptors (Lipinski definition) is 5. The molecule has 1 fully saturated rings. The van der Waals surface area contributed by atoms with Crippen LogP contribution >= 0.6 is 11.8 Å². The lowest BCUT2D eigenvalue weighted by Crippen LogP contribution is -2.39. The average molecular weight is 375 g/mol. The van der Waals surface area contributed by atoms with Crippen LogP contribution in [0.25, 0.3) is 11.0 Å². The maximum atomic E-state index is 12.7. The van der Waals surface area contributed by atoms with Gasteiger partial charge in [0.2, 0.25) is 0 Å². The predicted octanol–water partition coefficient (Wildman–Crippen LogP) is 4.29. The van der Waals surface area contributed by atoms with E-state index >= 15 is 0 Å². The smallest absolute Gasteiger partial charge is 0.328 e. The van der Waals surface area contributed by atoms with Crippen LogP contribution in [-0.2, 0) is 15.3 Å². The van der Waals surface area contributed by atoms with Crippen LogP contribution in [0.15, 0.2) is 28.7 Å². The Morgan fingerprint density at radius 2 is 2.00 bits per heavy atom. The van der Waals surface area contributed by atoms with Gasteiger partial charge in [-0.3, -0.25) is 4.79 Å². The predicted molar refractivity (Wildman–Crippen MR) is 103 cm³/mol. The van der Waals surface area contributed by atoms with Crippen molar-refractivity contribution in [2.24, 2.45) is 0 Å². The first kappa shape index (κ1) is 18.8. The Morgan fingerprint density at radius 3 is 2.73 bits per heavy atom. The number of para-hydroxylation sites is 1. The van der Waals surface area contributed by atoms with Gasteiger partial charge in [-0.25, -0.2) is 4.79 Å². The molecule has 0 aliphatic heterocycles. The largest absolute Gasteiger partial charge is 0.467 e. The minimum absolute atomic E-state index is 0.297. The number of furan rings is 1. The third kappa shape index (κ3) is 4.23. The summed E-state index contributed by atoms with van der Waals surface area (Å²) in [6.07, 6.45) is 6.37. The van der Waals surface area contributed by atoms with Gasteiger partial charge in [-0.2, -0.15) is 11.8 Å². The molecule has 1 aromatic heterocycles. The van der Waals surface area contributed by atoms with Crippen molar-refractivity contribution in [3.05, 3.63) is 35.6 Å². The molecule has 1 amide bonds.